The first-order valence-corrected chi connectivity index (χ1v) is 6.26. The summed E-state index contributed by atoms with van der Waals surface area (Å²) in [5, 5.41) is 0. The second-order valence-corrected chi connectivity index (χ2v) is 5.14. The van der Waals surface area contributed by atoms with Gasteiger partial charge in [-0.25, -0.2) is 4.98 Å². The lowest BCUT2D eigenvalue weighted by atomic mass is 10.1. The Morgan fingerprint density at radius 2 is 2.64 bits per heavy atom. The van der Waals surface area contributed by atoms with Gasteiger partial charge in [-0.2, -0.15) is 11.8 Å². The molecule has 4 heteroatoms. The fourth-order valence-corrected chi connectivity index (χ4v) is 3.14. The van der Waals surface area contributed by atoms with Crippen LogP contribution in [0.5, 0.6) is 0 Å². The molecular weight excluding hydrogens is 194 g/mol. The molecule has 2 heterocycles. The molecule has 1 aromatic heterocycles. The fraction of sp³-hybridized carbons (Fsp3) is 0.700. The molecule has 0 amide bonds. The van der Waals surface area contributed by atoms with Crippen molar-refractivity contribution in [2.75, 3.05) is 11.5 Å². The average molecular weight is 211 g/mol. The van der Waals surface area contributed by atoms with Crippen LogP contribution in [-0.4, -0.2) is 21.1 Å². The third-order valence-corrected chi connectivity index (χ3v) is 3.92. The van der Waals surface area contributed by atoms with Gasteiger partial charge < -0.3 is 10.3 Å². The van der Waals surface area contributed by atoms with Gasteiger partial charge >= 0.3 is 0 Å². The van der Waals surface area contributed by atoms with E-state index < -0.39 is 0 Å². The van der Waals surface area contributed by atoms with Gasteiger partial charge in [-0.05, 0) is 30.8 Å². The summed E-state index contributed by atoms with van der Waals surface area (Å²) in [5.41, 5.74) is 7.02. The Kier molecular flexibility index (Phi) is 3.13. The van der Waals surface area contributed by atoms with Crippen molar-refractivity contribution in [2.45, 2.75) is 25.9 Å². The van der Waals surface area contributed by atoms with Crippen LogP contribution < -0.4 is 5.73 Å². The second-order valence-electron chi connectivity index (χ2n) is 3.99. The first-order chi connectivity index (χ1) is 6.77. The maximum absolute atomic E-state index is 5.87. The zero-order valence-electron chi connectivity index (χ0n) is 8.52. The molecule has 0 radical (unpaired) electrons. The number of aromatic nitrogens is 2. The van der Waals surface area contributed by atoms with Crippen molar-refractivity contribution in [1.29, 1.82) is 0 Å². The van der Waals surface area contributed by atoms with E-state index in [0.29, 0.717) is 0 Å². The van der Waals surface area contributed by atoms with E-state index in [-0.39, 0.29) is 6.04 Å². The van der Waals surface area contributed by atoms with Crippen molar-refractivity contribution in [1.82, 2.24) is 9.55 Å². The van der Waals surface area contributed by atoms with Gasteiger partial charge in [-0.1, -0.05) is 0 Å². The van der Waals surface area contributed by atoms with Gasteiger partial charge in [0.15, 0.2) is 0 Å². The number of imidazole rings is 1. The third-order valence-electron chi connectivity index (χ3n) is 2.69. The first-order valence-electron chi connectivity index (χ1n) is 5.10. The van der Waals surface area contributed by atoms with E-state index >= 15 is 0 Å². The van der Waals surface area contributed by atoms with Crippen molar-refractivity contribution in [3.05, 3.63) is 18.2 Å². The molecule has 0 spiro atoms. The highest BCUT2D eigenvalue weighted by molar-refractivity contribution is 7.99. The molecule has 2 rings (SSSR count). The van der Waals surface area contributed by atoms with Gasteiger partial charge in [0.2, 0.25) is 0 Å². The molecule has 2 unspecified atom stereocenters. The predicted molar refractivity (Wildman–Crippen MR) is 60.3 cm³/mol. The topological polar surface area (TPSA) is 43.8 Å². The normalized spacial score (nSPS) is 24.0. The van der Waals surface area contributed by atoms with Crippen LogP contribution in [-0.2, 0) is 6.54 Å². The molecule has 0 aliphatic carbocycles. The van der Waals surface area contributed by atoms with Gasteiger partial charge in [-0.15, -0.1) is 0 Å². The van der Waals surface area contributed by atoms with E-state index in [1.54, 1.807) is 0 Å². The molecule has 0 bridgehead atoms. The summed E-state index contributed by atoms with van der Waals surface area (Å²) in [6, 6.07) is 0.0894. The minimum Gasteiger partial charge on any atom is -0.333 e. The number of nitrogens with two attached hydrogens (primary N) is 1. The Bertz CT molecular complexity index is 289. The van der Waals surface area contributed by atoms with E-state index in [4.69, 9.17) is 5.73 Å². The van der Waals surface area contributed by atoms with Crippen LogP contribution in [0.25, 0.3) is 0 Å². The Morgan fingerprint density at radius 1 is 1.79 bits per heavy atom. The van der Waals surface area contributed by atoms with Crippen LogP contribution in [0.15, 0.2) is 12.5 Å². The number of thioether (sulfide) groups is 1. The molecule has 0 aromatic carbocycles. The first kappa shape index (κ1) is 10.1. The summed E-state index contributed by atoms with van der Waals surface area (Å²) in [4.78, 5) is 4.16. The summed E-state index contributed by atoms with van der Waals surface area (Å²) >= 11 is 2.05. The van der Waals surface area contributed by atoms with Crippen molar-refractivity contribution in [3.8, 4) is 0 Å². The summed E-state index contributed by atoms with van der Waals surface area (Å²) < 4.78 is 2.21. The Hall–Kier alpha value is -0.480. The molecule has 1 aliphatic heterocycles. The smallest absolute Gasteiger partial charge is 0.0948 e. The van der Waals surface area contributed by atoms with E-state index in [2.05, 4.69) is 21.3 Å². The zero-order chi connectivity index (χ0) is 9.97. The Balaban J connectivity index is 2.04. The summed E-state index contributed by atoms with van der Waals surface area (Å²) in [5.74, 6) is 3.41. The largest absolute Gasteiger partial charge is 0.333 e. The average Bonchev–Trinajstić information content (AvgIpc) is 2.75. The molecule has 1 aliphatic rings. The van der Waals surface area contributed by atoms with Gasteiger partial charge in [0, 0.05) is 18.8 Å². The van der Waals surface area contributed by atoms with Crippen molar-refractivity contribution < 1.29 is 0 Å². The molecule has 1 aromatic rings. The molecule has 2 atom stereocenters. The number of nitrogens with zero attached hydrogens (tertiary/aromatic N) is 2. The summed E-state index contributed by atoms with van der Waals surface area (Å²) in [6.07, 6.45) is 5.12. The van der Waals surface area contributed by atoms with Crippen LogP contribution in [0, 0.1) is 5.92 Å². The SMILES string of the molecule is CC(N)c1cncn1CC1CCSC1. The highest BCUT2D eigenvalue weighted by Gasteiger charge is 2.17. The Morgan fingerprint density at radius 3 is 3.29 bits per heavy atom. The standard InChI is InChI=1S/C10H17N3S/c1-8(11)10-4-12-7-13(10)5-9-2-3-14-6-9/h4,7-9H,2-3,5-6,11H2,1H3. The van der Waals surface area contributed by atoms with Gasteiger partial charge in [0.1, 0.15) is 0 Å². The highest BCUT2D eigenvalue weighted by Crippen LogP contribution is 2.25. The van der Waals surface area contributed by atoms with Crippen LogP contribution in [0.4, 0.5) is 0 Å². The van der Waals surface area contributed by atoms with E-state index in [9.17, 15) is 0 Å². The molecule has 0 saturated carbocycles. The van der Waals surface area contributed by atoms with Crippen LogP contribution in [0.2, 0.25) is 0 Å². The van der Waals surface area contributed by atoms with E-state index in [1.807, 2.05) is 19.4 Å². The molecule has 14 heavy (non-hydrogen) atoms. The highest BCUT2D eigenvalue weighted by atomic mass is 32.2. The van der Waals surface area contributed by atoms with Crippen molar-refractivity contribution >= 4 is 11.8 Å². The molecular formula is C10H17N3S. The number of hydrogen-bond acceptors (Lipinski definition) is 3. The van der Waals surface area contributed by atoms with Crippen molar-refractivity contribution in [2.24, 2.45) is 11.7 Å². The van der Waals surface area contributed by atoms with Gasteiger partial charge in [-0.3, -0.25) is 0 Å². The minimum absolute atomic E-state index is 0.0894. The van der Waals surface area contributed by atoms with Crippen LogP contribution >= 0.6 is 11.8 Å². The minimum atomic E-state index is 0.0894. The lowest BCUT2D eigenvalue weighted by Crippen LogP contribution is -2.16. The van der Waals surface area contributed by atoms with Crippen LogP contribution in [0.1, 0.15) is 25.1 Å². The van der Waals surface area contributed by atoms with Crippen LogP contribution in [0.3, 0.4) is 0 Å². The predicted octanol–water partition coefficient (Wildman–Crippen LogP) is 1.66. The quantitative estimate of drug-likeness (QED) is 0.827. The summed E-state index contributed by atoms with van der Waals surface area (Å²) in [6.45, 7) is 3.10. The van der Waals surface area contributed by atoms with Gasteiger partial charge in [0.05, 0.1) is 12.0 Å². The second kappa shape index (κ2) is 4.36. The number of rotatable bonds is 3. The maximum Gasteiger partial charge on any atom is 0.0948 e. The fourth-order valence-electron chi connectivity index (χ4n) is 1.87. The third kappa shape index (κ3) is 2.12. The molecule has 1 saturated heterocycles. The maximum atomic E-state index is 5.87. The molecule has 1 fully saturated rings. The lowest BCUT2D eigenvalue weighted by molar-refractivity contribution is 0.474. The lowest BCUT2D eigenvalue weighted by Gasteiger charge is -2.14. The molecule has 2 N–H and O–H groups in total. The zero-order valence-corrected chi connectivity index (χ0v) is 9.33. The summed E-state index contributed by atoms with van der Waals surface area (Å²) in [7, 11) is 0. The van der Waals surface area contributed by atoms with E-state index in [0.717, 1.165) is 18.2 Å². The van der Waals surface area contributed by atoms with Crippen molar-refractivity contribution in [3.63, 3.8) is 0 Å². The van der Waals surface area contributed by atoms with E-state index in [1.165, 1.54) is 17.9 Å². The molecule has 3 nitrogen and oxygen atoms in total. The molecule has 78 valence electrons. The van der Waals surface area contributed by atoms with Gasteiger partial charge in [0.25, 0.3) is 0 Å². The monoisotopic (exact) mass is 211 g/mol. The number of hydrogen-bond donors (Lipinski definition) is 1. The Labute approximate surface area is 89.1 Å².